The third kappa shape index (κ3) is 20.7. The summed E-state index contributed by atoms with van der Waals surface area (Å²) in [6.07, 6.45) is 13.6. The molecule has 26 nitrogen and oxygen atoms in total. The van der Waals surface area contributed by atoms with E-state index in [0.717, 1.165) is 36.5 Å². The fraction of sp³-hybridized carbons (Fsp3) is 0.721. The topological polar surface area (TPSA) is 425 Å². The van der Waals surface area contributed by atoms with Crippen LogP contribution in [0.2, 0.25) is 0 Å². The smallest absolute Gasteiger partial charge is 0.407 e. The number of aromatic hydroxyl groups is 1. The SMILES string of the molecule is CCC(NC(=O)C(CCCN=C(N)N)NC(=O)C1CCCN1C(=O)C(CCCN=C(N)N)NC(=O)CNC(=O)O[C@@H]1CC[C@]2(C)C(=CC[C@@H]3[C@H]4CC[C@@H]([C@@H](C)CCC(C)C)[C@]4(C)CC[C@H]32)C1)C(=O)NC(Cc1ccc(O)cc1)C(=O)NC(C)C(=O)NC(CC(C)C)C(N)=O. The number of carbonyl (C=O) groups is 9. The number of alkyl carbamates (subject to hydrolysis) is 1. The largest absolute Gasteiger partial charge is 0.508 e. The summed E-state index contributed by atoms with van der Waals surface area (Å²) in [6.45, 7) is 18.7. The van der Waals surface area contributed by atoms with E-state index in [4.69, 9.17) is 33.4 Å². The number of aliphatic imine (C=N–C) groups is 2. The van der Waals surface area contributed by atoms with Crippen LogP contribution in [0.25, 0.3) is 0 Å². The number of ether oxygens (including phenoxy) is 1. The molecule has 7 unspecified atom stereocenters. The molecule has 0 spiro atoms. The van der Waals surface area contributed by atoms with Crippen LogP contribution in [0.1, 0.15) is 183 Å². The van der Waals surface area contributed by atoms with Gasteiger partial charge in [-0.05, 0) is 173 Å². The van der Waals surface area contributed by atoms with E-state index in [0.29, 0.717) is 42.1 Å². The molecule has 524 valence electrons. The quantitative estimate of drug-likeness (QED) is 0.0207. The van der Waals surface area contributed by atoms with Crippen molar-refractivity contribution in [3.63, 3.8) is 0 Å². The Bertz CT molecular complexity index is 2900. The van der Waals surface area contributed by atoms with Crippen LogP contribution in [0.4, 0.5) is 4.79 Å². The highest BCUT2D eigenvalue weighted by Gasteiger charge is 2.59. The molecular weight excluding hydrogens is 1200 g/mol. The number of allylic oxidation sites excluding steroid dienone is 1. The van der Waals surface area contributed by atoms with Gasteiger partial charge in [0, 0.05) is 32.5 Å². The lowest BCUT2D eigenvalue weighted by atomic mass is 9.47. The number of phenols is 1. The van der Waals surface area contributed by atoms with Gasteiger partial charge in [-0.2, -0.15) is 0 Å². The molecule has 15 atom stereocenters. The van der Waals surface area contributed by atoms with Gasteiger partial charge in [0.2, 0.25) is 47.3 Å². The summed E-state index contributed by atoms with van der Waals surface area (Å²) < 4.78 is 5.99. The summed E-state index contributed by atoms with van der Waals surface area (Å²) in [4.78, 5) is 133. The molecule has 0 radical (unpaired) electrons. The fourth-order valence-corrected chi connectivity index (χ4v) is 15.8. The van der Waals surface area contributed by atoms with Crippen molar-refractivity contribution in [2.24, 2.45) is 90.9 Å². The summed E-state index contributed by atoms with van der Waals surface area (Å²) in [5, 5.41) is 28.6. The Labute approximate surface area is 555 Å². The van der Waals surface area contributed by atoms with Crippen molar-refractivity contribution >= 4 is 65.3 Å². The summed E-state index contributed by atoms with van der Waals surface area (Å²) in [5.74, 6) is -1.90. The molecule has 1 aromatic carbocycles. The maximum Gasteiger partial charge on any atom is 0.407 e. The number of carbonyl (C=O) groups excluding carboxylic acids is 9. The van der Waals surface area contributed by atoms with Crippen molar-refractivity contribution in [1.82, 2.24) is 42.1 Å². The zero-order valence-electron chi connectivity index (χ0n) is 57.1. The monoisotopic (exact) mass is 1310 g/mol. The van der Waals surface area contributed by atoms with Crippen molar-refractivity contribution in [1.29, 1.82) is 0 Å². The molecule has 4 fully saturated rings. The van der Waals surface area contributed by atoms with E-state index in [1.54, 1.807) is 19.1 Å². The molecule has 1 aliphatic heterocycles. The molecule has 1 heterocycles. The highest BCUT2D eigenvalue weighted by Crippen LogP contribution is 2.67. The summed E-state index contributed by atoms with van der Waals surface area (Å²) in [6, 6.07) is -2.47. The van der Waals surface area contributed by atoms with E-state index in [1.165, 1.54) is 68.1 Å². The highest BCUT2D eigenvalue weighted by atomic mass is 16.6. The lowest BCUT2D eigenvalue weighted by molar-refractivity contribution is -0.142. The number of primary amides is 1. The number of phenolic OH excluding ortho intramolecular Hbond substituents is 1. The van der Waals surface area contributed by atoms with Crippen LogP contribution < -0.4 is 65.9 Å². The predicted molar refractivity (Wildman–Crippen MR) is 359 cm³/mol. The lowest BCUT2D eigenvalue weighted by Gasteiger charge is -2.58. The number of nitrogens with zero attached hydrogens (tertiary/aromatic N) is 3. The first kappa shape index (κ1) is 75.4. The van der Waals surface area contributed by atoms with Gasteiger partial charge in [-0.25, -0.2) is 4.79 Å². The maximum absolute atomic E-state index is 14.6. The van der Waals surface area contributed by atoms with Gasteiger partial charge in [0.25, 0.3) is 0 Å². The van der Waals surface area contributed by atoms with Crippen molar-refractivity contribution < 1.29 is 53.0 Å². The Balaban J connectivity index is 1.08. The molecule has 0 bridgehead atoms. The van der Waals surface area contributed by atoms with Crippen molar-refractivity contribution in [3.05, 3.63) is 41.5 Å². The minimum atomic E-state index is -1.33. The minimum absolute atomic E-state index is 0.0101. The number of benzene rings is 1. The number of nitrogens with two attached hydrogens (primary N) is 5. The van der Waals surface area contributed by atoms with Crippen LogP contribution in [0.15, 0.2) is 45.9 Å². The van der Waals surface area contributed by atoms with E-state index in [-0.39, 0.29) is 106 Å². The molecule has 1 saturated heterocycles. The summed E-state index contributed by atoms with van der Waals surface area (Å²) in [7, 11) is 0. The van der Waals surface area contributed by atoms with E-state index < -0.39 is 102 Å². The van der Waals surface area contributed by atoms with Crippen LogP contribution >= 0.6 is 0 Å². The molecule has 18 N–H and O–H groups in total. The van der Waals surface area contributed by atoms with Gasteiger partial charge < -0.3 is 80.6 Å². The van der Waals surface area contributed by atoms with E-state index in [1.807, 2.05) is 13.8 Å². The van der Waals surface area contributed by atoms with Gasteiger partial charge in [-0.3, -0.25) is 48.3 Å². The molecule has 4 aliphatic carbocycles. The number of hydrogen-bond acceptors (Lipinski definition) is 13. The molecule has 9 amide bonds. The molecule has 3 saturated carbocycles. The van der Waals surface area contributed by atoms with E-state index in [2.05, 4.69) is 87.9 Å². The first-order valence-electron chi connectivity index (χ1n) is 34.4. The molecule has 94 heavy (non-hydrogen) atoms. The van der Waals surface area contributed by atoms with Crippen LogP contribution in [-0.2, 0) is 49.5 Å². The predicted octanol–water partition coefficient (Wildman–Crippen LogP) is 3.65. The second-order valence-corrected chi connectivity index (χ2v) is 28.6. The summed E-state index contributed by atoms with van der Waals surface area (Å²) in [5.41, 5.74) is 30.2. The standard InChI is InChI=1S/C68H111N15O11/c1-10-50(59(88)82-54(35-42-19-22-44(84)23-20-42)61(90)77-41(7)58(87)81-53(57(69)86)34-39(4)5)79-60(89)51(14-11-31-74-64(70)71)80-62(91)55-16-13-33-83(55)63(92)52(15-12-32-75-65(72)73)78-56(85)37-76-66(93)94-45-27-29-67(8)43(36-45)21-24-46-48-26-25-47(40(6)18-17-38(2)3)68(48,9)30-28-49(46)67/h19-23,38-41,45-55,84H,10-18,24-37H2,1-9H3,(H2,69,86)(H,76,93)(H,77,90)(H,78,85)(H,79,89)(H,80,91)(H,81,87)(H,82,88)(H4,70,71,74)(H4,72,73,75)/t40-,41?,45+,46+,47-,48+,49+,50?,51?,52?,53?,54?,55?,67+,68-/m0/s1. The van der Waals surface area contributed by atoms with E-state index >= 15 is 0 Å². The first-order valence-corrected chi connectivity index (χ1v) is 34.4. The average molecular weight is 1310 g/mol. The second-order valence-electron chi connectivity index (χ2n) is 28.6. The lowest BCUT2D eigenvalue weighted by Crippen LogP contribution is -2.60. The normalized spacial score (nSPS) is 25.1. The number of nitrogens with one attached hydrogen (secondary N) is 7. The number of hydrogen-bond donors (Lipinski definition) is 13. The molecule has 6 rings (SSSR count). The van der Waals surface area contributed by atoms with Gasteiger partial charge in [0.05, 0.1) is 0 Å². The maximum atomic E-state index is 14.6. The molecule has 1 aromatic rings. The molecule has 5 aliphatic rings. The Morgan fingerprint density at radius 3 is 1.93 bits per heavy atom. The second kappa shape index (κ2) is 34.7. The van der Waals surface area contributed by atoms with Gasteiger partial charge >= 0.3 is 6.09 Å². The van der Waals surface area contributed by atoms with Gasteiger partial charge in [0.1, 0.15) is 60.7 Å². The van der Waals surface area contributed by atoms with Crippen molar-refractivity contribution in [2.45, 2.75) is 233 Å². The third-order valence-electron chi connectivity index (χ3n) is 20.9. The number of guanidine groups is 2. The Hall–Kier alpha value is -7.67. The Morgan fingerprint density at radius 1 is 0.670 bits per heavy atom. The van der Waals surface area contributed by atoms with Gasteiger partial charge in [-0.1, -0.05) is 92.0 Å². The number of amides is 9. The summed E-state index contributed by atoms with van der Waals surface area (Å²) >= 11 is 0. The third-order valence-corrected chi connectivity index (χ3v) is 20.9. The molecular formula is C68H111N15O11. The van der Waals surface area contributed by atoms with Gasteiger partial charge in [-0.15, -0.1) is 0 Å². The number of fused-ring (bicyclic) bond motifs is 5. The average Bonchev–Trinajstić information content (AvgIpc) is 1.37. The fourth-order valence-electron chi connectivity index (χ4n) is 15.8. The zero-order valence-corrected chi connectivity index (χ0v) is 57.1. The highest BCUT2D eigenvalue weighted by molar-refractivity contribution is 5.98. The van der Waals surface area contributed by atoms with E-state index in [9.17, 15) is 48.3 Å². The van der Waals surface area contributed by atoms with Gasteiger partial charge in [0.15, 0.2) is 11.9 Å². The Kier molecular flexibility index (Phi) is 27.8. The first-order chi connectivity index (χ1) is 44.4. The zero-order chi connectivity index (χ0) is 69.2. The van der Waals surface area contributed by atoms with Crippen LogP contribution in [0, 0.1) is 52.3 Å². The van der Waals surface area contributed by atoms with Crippen molar-refractivity contribution in [3.8, 4) is 5.75 Å². The van der Waals surface area contributed by atoms with Crippen LogP contribution in [-0.4, -0.2) is 150 Å². The number of rotatable bonds is 33. The Morgan fingerprint density at radius 2 is 1.30 bits per heavy atom. The van der Waals surface area contributed by atoms with Crippen LogP contribution in [0.5, 0.6) is 5.75 Å². The molecule has 26 heteroatoms. The van der Waals surface area contributed by atoms with Crippen molar-refractivity contribution in [2.75, 3.05) is 26.2 Å². The molecule has 0 aromatic heterocycles. The van der Waals surface area contributed by atoms with Crippen LogP contribution in [0.3, 0.4) is 0 Å². The minimum Gasteiger partial charge on any atom is -0.508 e. The number of likely N-dealkylation sites (tertiary alicyclic amines) is 1.